The molecule has 0 radical (unpaired) electrons. The predicted molar refractivity (Wildman–Crippen MR) is 131 cm³/mol. The van der Waals surface area contributed by atoms with Gasteiger partial charge in [0.05, 0.1) is 42.6 Å². The van der Waals surface area contributed by atoms with Crippen molar-refractivity contribution < 1.29 is 19.7 Å². The van der Waals surface area contributed by atoms with Gasteiger partial charge in [0.2, 0.25) is 0 Å². The van der Waals surface area contributed by atoms with Crippen LogP contribution in [-0.4, -0.2) is 82.3 Å². The predicted octanol–water partition coefficient (Wildman–Crippen LogP) is 1.18. The van der Waals surface area contributed by atoms with Crippen LogP contribution in [0.25, 0.3) is 0 Å². The summed E-state index contributed by atoms with van der Waals surface area (Å²) in [6, 6.07) is 2.12. The molecule has 3 saturated heterocycles. The van der Waals surface area contributed by atoms with Crippen LogP contribution in [0.2, 0.25) is 0 Å². The lowest BCUT2D eigenvalue weighted by Gasteiger charge is -2.41. The molecule has 6 rings (SSSR count). The fourth-order valence-electron chi connectivity index (χ4n) is 5.90. The summed E-state index contributed by atoms with van der Waals surface area (Å²) in [6.07, 6.45) is 5.82. The minimum absolute atomic E-state index is 0.0311. The quantitative estimate of drug-likeness (QED) is 0.559. The number of hydrogen-bond donors (Lipinski definition) is 3. The second kappa shape index (κ2) is 9.04. The lowest BCUT2D eigenvalue weighted by Crippen LogP contribution is -2.51. The highest BCUT2D eigenvalue weighted by Crippen LogP contribution is 2.45. The summed E-state index contributed by atoms with van der Waals surface area (Å²) >= 11 is 1.45. The van der Waals surface area contributed by atoms with Gasteiger partial charge in [-0.25, -0.2) is 15.0 Å². The van der Waals surface area contributed by atoms with Crippen molar-refractivity contribution in [3.63, 3.8) is 0 Å². The molecule has 4 atom stereocenters. The minimum atomic E-state index is -0.358. The molecule has 4 aliphatic rings. The van der Waals surface area contributed by atoms with Crippen LogP contribution in [0.3, 0.4) is 0 Å². The van der Waals surface area contributed by atoms with Crippen LogP contribution in [0.1, 0.15) is 31.9 Å². The summed E-state index contributed by atoms with van der Waals surface area (Å²) in [5.74, 6) is 2.21. The maximum Gasteiger partial charge on any atom is 0.175 e. The van der Waals surface area contributed by atoms with Crippen molar-refractivity contribution in [3.05, 3.63) is 24.2 Å². The zero-order valence-electron chi connectivity index (χ0n) is 19.8. The normalized spacial score (nSPS) is 29.3. The van der Waals surface area contributed by atoms with E-state index in [1.165, 1.54) is 11.8 Å². The fraction of sp³-hybridized carbons (Fsp3) is 0.625. The largest absolute Gasteiger partial charge is 0.486 e. The van der Waals surface area contributed by atoms with E-state index in [0.717, 1.165) is 42.5 Å². The highest BCUT2D eigenvalue weighted by Gasteiger charge is 2.47. The molecule has 188 valence electrons. The molecule has 1 unspecified atom stereocenters. The number of hydrogen-bond acceptors (Lipinski definition) is 11. The van der Waals surface area contributed by atoms with E-state index < -0.39 is 0 Å². The van der Waals surface area contributed by atoms with Crippen molar-refractivity contribution in [1.29, 1.82) is 0 Å². The summed E-state index contributed by atoms with van der Waals surface area (Å²) in [7, 11) is 0. The van der Waals surface area contributed by atoms with Crippen molar-refractivity contribution in [2.75, 3.05) is 42.6 Å². The molecule has 6 heterocycles. The number of aromatic nitrogens is 3. The molecule has 0 aromatic carbocycles. The first kappa shape index (κ1) is 23.2. The van der Waals surface area contributed by atoms with Gasteiger partial charge in [0, 0.05) is 37.3 Å². The molecular weight excluding hydrogens is 468 g/mol. The van der Waals surface area contributed by atoms with Gasteiger partial charge in [-0.2, -0.15) is 0 Å². The molecule has 3 fully saturated rings. The molecule has 2 aromatic heterocycles. The molecule has 1 spiro atoms. The second-order valence-corrected chi connectivity index (χ2v) is 11.2. The van der Waals surface area contributed by atoms with Gasteiger partial charge in [0.15, 0.2) is 17.4 Å². The molecule has 4 aliphatic heterocycles. The van der Waals surface area contributed by atoms with Gasteiger partial charge in [0.25, 0.3) is 0 Å². The molecule has 10 nitrogen and oxygen atoms in total. The average molecular weight is 501 g/mol. The number of ether oxygens (including phenoxy) is 2. The van der Waals surface area contributed by atoms with Crippen molar-refractivity contribution >= 4 is 23.4 Å². The van der Waals surface area contributed by atoms with Crippen molar-refractivity contribution in [2.24, 2.45) is 11.1 Å². The van der Waals surface area contributed by atoms with Crippen molar-refractivity contribution in [1.82, 2.24) is 15.0 Å². The Morgan fingerprint density at radius 2 is 2.09 bits per heavy atom. The van der Waals surface area contributed by atoms with Gasteiger partial charge in [-0.15, -0.1) is 0 Å². The van der Waals surface area contributed by atoms with E-state index in [2.05, 4.69) is 21.7 Å². The van der Waals surface area contributed by atoms with E-state index in [4.69, 9.17) is 25.2 Å². The third-order valence-corrected chi connectivity index (χ3v) is 8.95. The molecule has 0 aliphatic carbocycles. The monoisotopic (exact) mass is 500 g/mol. The first-order chi connectivity index (χ1) is 17.0. The lowest BCUT2D eigenvalue weighted by molar-refractivity contribution is 0.0973. The number of rotatable bonds is 4. The van der Waals surface area contributed by atoms with Gasteiger partial charge in [-0.05, 0) is 32.3 Å². The van der Waals surface area contributed by atoms with Crippen LogP contribution in [-0.2, 0) is 11.3 Å². The Hall–Kier alpha value is -2.18. The fourth-order valence-corrected chi connectivity index (χ4v) is 6.76. The first-order valence-electron chi connectivity index (χ1n) is 12.3. The first-order valence-corrected chi connectivity index (χ1v) is 13.1. The number of aliphatic hydroxyl groups excluding tert-OH is 2. The lowest BCUT2D eigenvalue weighted by atomic mass is 9.73. The Bertz CT molecular complexity index is 1100. The molecule has 0 bridgehead atoms. The molecule has 4 N–H and O–H groups in total. The Balaban J connectivity index is 1.19. The van der Waals surface area contributed by atoms with Crippen molar-refractivity contribution in [3.8, 4) is 5.75 Å². The Kier molecular flexibility index (Phi) is 6.00. The third-order valence-electron chi connectivity index (χ3n) is 8.00. The summed E-state index contributed by atoms with van der Waals surface area (Å²) < 4.78 is 11.9. The van der Waals surface area contributed by atoms with Crippen LogP contribution < -0.4 is 20.3 Å². The Morgan fingerprint density at radius 1 is 1.26 bits per heavy atom. The number of pyridine rings is 1. The average Bonchev–Trinajstić information content (AvgIpc) is 3.39. The maximum atomic E-state index is 10.1. The summed E-state index contributed by atoms with van der Waals surface area (Å²) in [5, 5.41) is 20.9. The number of aliphatic hydroxyl groups is 2. The Labute approximate surface area is 208 Å². The van der Waals surface area contributed by atoms with E-state index in [9.17, 15) is 10.2 Å². The van der Waals surface area contributed by atoms with Crippen LogP contribution in [0.4, 0.5) is 11.6 Å². The van der Waals surface area contributed by atoms with E-state index in [1.54, 1.807) is 12.4 Å². The SMILES string of the molecule is C[C@@H]1OCC2(CCN(c3ncc(Sc4ccnc5c4OCC4C[C@H](O)CN54)nc3CO)CC2)[C@@H]1N. The molecule has 11 heteroatoms. The summed E-state index contributed by atoms with van der Waals surface area (Å²) in [5.41, 5.74) is 7.06. The number of piperidine rings is 1. The zero-order valence-corrected chi connectivity index (χ0v) is 20.7. The molecule has 2 aromatic rings. The Morgan fingerprint density at radius 3 is 2.83 bits per heavy atom. The minimum Gasteiger partial charge on any atom is -0.486 e. The van der Waals surface area contributed by atoms with E-state index in [0.29, 0.717) is 42.6 Å². The molecule has 35 heavy (non-hydrogen) atoms. The maximum absolute atomic E-state index is 10.1. The van der Waals surface area contributed by atoms with Crippen LogP contribution >= 0.6 is 11.8 Å². The number of anilines is 2. The molecular formula is C24H32N6O4S. The van der Waals surface area contributed by atoms with Crippen LogP contribution in [0.15, 0.2) is 28.4 Å². The highest BCUT2D eigenvalue weighted by atomic mass is 32.2. The highest BCUT2D eigenvalue weighted by molar-refractivity contribution is 7.99. The molecule has 0 amide bonds. The van der Waals surface area contributed by atoms with Gasteiger partial charge in [-0.3, -0.25) is 0 Å². The van der Waals surface area contributed by atoms with E-state index in [-0.39, 0.29) is 36.3 Å². The second-order valence-electron chi connectivity index (χ2n) is 10.1. The molecule has 0 saturated carbocycles. The van der Waals surface area contributed by atoms with Crippen molar-refractivity contribution in [2.45, 2.75) is 67.0 Å². The zero-order chi connectivity index (χ0) is 24.2. The number of fused-ring (bicyclic) bond motifs is 3. The van der Waals surface area contributed by atoms with Gasteiger partial charge >= 0.3 is 0 Å². The summed E-state index contributed by atoms with van der Waals surface area (Å²) in [6.45, 7) is 5.30. The van der Waals surface area contributed by atoms with Gasteiger partial charge < -0.3 is 35.2 Å². The van der Waals surface area contributed by atoms with Crippen LogP contribution in [0.5, 0.6) is 5.75 Å². The van der Waals surface area contributed by atoms with Crippen LogP contribution in [0, 0.1) is 5.41 Å². The number of nitrogens with two attached hydrogens (primary N) is 1. The number of nitrogens with zero attached hydrogens (tertiary/aromatic N) is 5. The van der Waals surface area contributed by atoms with E-state index in [1.807, 2.05) is 6.07 Å². The van der Waals surface area contributed by atoms with E-state index >= 15 is 0 Å². The smallest absolute Gasteiger partial charge is 0.175 e. The summed E-state index contributed by atoms with van der Waals surface area (Å²) in [4.78, 5) is 19.2. The standard InChI is InChI=1S/C24H32N6O4S/c1-14-21(25)24(13-34-14)3-6-29(7-4-24)22-17(11-31)28-19(9-27-22)35-18-2-5-26-23-20(18)33-12-15-8-16(32)10-30(15)23/h2,5,9,14-16,21,31-32H,3-4,6-8,10-13,25H2,1H3/t14-,15?,16-,21+/m0/s1. The third kappa shape index (κ3) is 4.03. The van der Waals surface area contributed by atoms with Gasteiger partial charge in [0.1, 0.15) is 17.3 Å². The van der Waals surface area contributed by atoms with Gasteiger partial charge in [-0.1, -0.05) is 11.8 Å². The topological polar surface area (TPSA) is 130 Å².